The number of aliphatic hydroxyl groups is 1. The Morgan fingerprint density at radius 3 is 2.62 bits per heavy atom. The molecular weight excluding hydrogens is 164 g/mol. The third-order valence-corrected chi connectivity index (χ3v) is 1.94. The van der Waals surface area contributed by atoms with E-state index in [1.165, 1.54) is 0 Å². The van der Waals surface area contributed by atoms with Crippen LogP contribution in [0.15, 0.2) is 24.3 Å². The van der Waals surface area contributed by atoms with E-state index < -0.39 is 5.60 Å². The molecule has 1 N–H and O–H groups in total. The molecule has 1 aromatic carbocycles. The number of methoxy groups -OCH3 is 1. The Morgan fingerprint density at radius 2 is 2.08 bits per heavy atom. The first-order valence-corrected chi connectivity index (χ1v) is 4.35. The van der Waals surface area contributed by atoms with Gasteiger partial charge in [-0.25, -0.2) is 0 Å². The summed E-state index contributed by atoms with van der Waals surface area (Å²) in [6, 6.07) is 7.79. The SMILES string of the molecule is COCc1cccc(C(C)(C)O)c1. The van der Waals surface area contributed by atoms with E-state index in [-0.39, 0.29) is 0 Å². The van der Waals surface area contributed by atoms with Gasteiger partial charge in [-0.3, -0.25) is 0 Å². The van der Waals surface area contributed by atoms with Crippen LogP contribution >= 0.6 is 0 Å². The zero-order valence-electron chi connectivity index (χ0n) is 8.37. The summed E-state index contributed by atoms with van der Waals surface area (Å²) in [5.74, 6) is 0. The van der Waals surface area contributed by atoms with E-state index in [9.17, 15) is 5.11 Å². The Kier molecular flexibility index (Phi) is 3.07. The number of hydrogen-bond acceptors (Lipinski definition) is 2. The molecule has 72 valence electrons. The minimum Gasteiger partial charge on any atom is -0.386 e. The minimum atomic E-state index is -0.774. The van der Waals surface area contributed by atoms with Crippen LogP contribution in [0.3, 0.4) is 0 Å². The standard InChI is InChI=1S/C11H16O2/c1-11(2,12)10-6-4-5-9(7-10)8-13-3/h4-7,12H,8H2,1-3H3. The van der Waals surface area contributed by atoms with Gasteiger partial charge in [0.15, 0.2) is 0 Å². The van der Waals surface area contributed by atoms with E-state index in [2.05, 4.69) is 0 Å². The summed E-state index contributed by atoms with van der Waals surface area (Å²) in [6.45, 7) is 4.14. The van der Waals surface area contributed by atoms with E-state index >= 15 is 0 Å². The maximum Gasteiger partial charge on any atom is 0.0840 e. The highest BCUT2D eigenvalue weighted by atomic mass is 16.5. The van der Waals surface area contributed by atoms with Gasteiger partial charge in [-0.1, -0.05) is 24.3 Å². The first-order chi connectivity index (χ1) is 6.04. The number of hydrogen-bond donors (Lipinski definition) is 1. The van der Waals surface area contributed by atoms with Gasteiger partial charge in [-0.15, -0.1) is 0 Å². The molecule has 0 aliphatic carbocycles. The number of benzene rings is 1. The van der Waals surface area contributed by atoms with Crippen LogP contribution in [0, 0.1) is 0 Å². The highest BCUT2D eigenvalue weighted by Crippen LogP contribution is 2.20. The third kappa shape index (κ3) is 2.83. The van der Waals surface area contributed by atoms with Crippen LogP contribution in [0.4, 0.5) is 0 Å². The van der Waals surface area contributed by atoms with Crippen molar-refractivity contribution in [2.45, 2.75) is 26.1 Å². The predicted molar refractivity (Wildman–Crippen MR) is 52.4 cm³/mol. The van der Waals surface area contributed by atoms with Crippen LogP contribution < -0.4 is 0 Å². The van der Waals surface area contributed by atoms with Crippen molar-refractivity contribution in [1.29, 1.82) is 0 Å². The van der Waals surface area contributed by atoms with Crippen molar-refractivity contribution in [2.75, 3.05) is 7.11 Å². The molecule has 0 radical (unpaired) electrons. The molecule has 0 bridgehead atoms. The van der Waals surface area contributed by atoms with Gasteiger partial charge in [-0.2, -0.15) is 0 Å². The Hall–Kier alpha value is -0.860. The second-order valence-corrected chi connectivity index (χ2v) is 3.69. The van der Waals surface area contributed by atoms with Crippen LogP contribution in [0.25, 0.3) is 0 Å². The van der Waals surface area contributed by atoms with Crippen molar-refractivity contribution in [1.82, 2.24) is 0 Å². The molecule has 13 heavy (non-hydrogen) atoms. The van der Waals surface area contributed by atoms with Crippen LogP contribution in [0.1, 0.15) is 25.0 Å². The highest BCUT2D eigenvalue weighted by molar-refractivity contribution is 5.26. The van der Waals surface area contributed by atoms with Crippen LogP contribution in [0.5, 0.6) is 0 Å². The topological polar surface area (TPSA) is 29.5 Å². The molecule has 0 saturated heterocycles. The van der Waals surface area contributed by atoms with Gasteiger partial charge in [0.25, 0.3) is 0 Å². The Morgan fingerprint density at radius 1 is 1.38 bits per heavy atom. The molecule has 2 nitrogen and oxygen atoms in total. The fourth-order valence-corrected chi connectivity index (χ4v) is 1.21. The second kappa shape index (κ2) is 3.90. The maximum absolute atomic E-state index is 9.74. The van der Waals surface area contributed by atoms with Gasteiger partial charge in [0.05, 0.1) is 12.2 Å². The summed E-state index contributed by atoms with van der Waals surface area (Å²) in [5.41, 5.74) is 1.23. The summed E-state index contributed by atoms with van der Waals surface area (Å²) in [5, 5.41) is 9.74. The summed E-state index contributed by atoms with van der Waals surface area (Å²) in [4.78, 5) is 0. The molecule has 0 unspecified atom stereocenters. The Labute approximate surface area is 79.2 Å². The fraction of sp³-hybridized carbons (Fsp3) is 0.455. The first-order valence-electron chi connectivity index (χ1n) is 4.35. The molecule has 0 fully saturated rings. The fourth-order valence-electron chi connectivity index (χ4n) is 1.21. The van der Waals surface area contributed by atoms with Crippen molar-refractivity contribution in [2.24, 2.45) is 0 Å². The quantitative estimate of drug-likeness (QED) is 0.771. The van der Waals surface area contributed by atoms with Gasteiger partial charge in [-0.05, 0) is 25.0 Å². The normalized spacial score (nSPS) is 11.7. The van der Waals surface area contributed by atoms with E-state index in [4.69, 9.17) is 4.74 Å². The van der Waals surface area contributed by atoms with E-state index in [0.29, 0.717) is 6.61 Å². The van der Waals surface area contributed by atoms with Crippen LogP contribution in [0.2, 0.25) is 0 Å². The molecular formula is C11H16O2. The molecule has 0 amide bonds. The monoisotopic (exact) mass is 180 g/mol. The maximum atomic E-state index is 9.74. The Balaban J connectivity index is 2.92. The van der Waals surface area contributed by atoms with Gasteiger partial charge >= 0.3 is 0 Å². The van der Waals surface area contributed by atoms with Crippen molar-refractivity contribution in [3.8, 4) is 0 Å². The lowest BCUT2D eigenvalue weighted by Crippen LogP contribution is -2.15. The van der Waals surface area contributed by atoms with Crippen molar-refractivity contribution < 1.29 is 9.84 Å². The van der Waals surface area contributed by atoms with Crippen molar-refractivity contribution >= 4 is 0 Å². The highest BCUT2D eigenvalue weighted by Gasteiger charge is 2.15. The average molecular weight is 180 g/mol. The van der Waals surface area contributed by atoms with Crippen molar-refractivity contribution in [3.63, 3.8) is 0 Å². The molecule has 0 aliphatic heterocycles. The number of ether oxygens (including phenoxy) is 1. The zero-order valence-corrected chi connectivity index (χ0v) is 8.37. The van der Waals surface area contributed by atoms with Crippen molar-refractivity contribution in [3.05, 3.63) is 35.4 Å². The lowest BCUT2D eigenvalue weighted by molar-refractivity contribution is 0.0783. The second-order valence-electron chi connectivity index (χ2n) is 3.69. The number of rotatable bonds is 3. The Bertz CT molecular complexity index is 274. The lowest BCUT2D eigenvalue weighted by atomic mass is 9.97. The predicted octanol–water partition coefficient (Wildman–Crippen LogP) is 2.06. The van der Waals surface area contributed by atoms with E-state index in [1.807, 2.05) is 24.3 Å². The minimum absolute atomic E-state index is 0.587. The molecule has 0 atom stereocenters. The van der Waals surface area contributed by atoms with Gasteiger partial charge in [0, 0.05) is 7.11 Å². The first kappa shape index (κ1) is 10.2. The molecule has 0 spiro atoms. The molecule has 1 aromatic rings. The van der Waals surface area contributed by atoms with Crippen LogP contribution in [-0.4, -0.2) is 12.2 Å². The van der Waals surface area contributed by atoms with Gasteiger partial charge in [0.2, 0.25) is 0 Å². The molecule has 0 saturated carbocycles. The van der Waals surface area contributed by atoms with Gasteiger partial charge in [0.1, 0.15) is 0 Å². The molecule has 2 heteroatoms. The summed E-state index contributed by atoms with van der Waals surface area (Å²) in [7, 11) is 1.66. The molecule has 0 heterocycles. The molecule has 1 rings (SSSR count). The average Bonchev–Trinajstić information content (AvgIpc) is 2.04. The largest absolute Gasteiger partial charge is 0.386 e. The summed E-state index contributed by atoms with van der Waals surface area (Å²) >= 11 is 0. The summed E-state index contributed by atoms with van der Waals surface area (Å²) < 4.78 is 5.01. The van der Waals surface area contributed by atoms with E-state index in [0.717, 1.165) is 11.1 Å². The molecule has 0 aliphatic rings. The van der Waals surface area contributed by atoms with E-state index in [1.54, 1.807) is 21.0 Å². The zero-order chi connectivity index (χ0) is 9.90. The smallest absolute Gasteiger partial charge is 0.0840 e. The summed E-state index contributed by atoms with van der Waals surface area (Å²) in [6.07, 6.45) is 0. The lowest BCUT2D eigenvalue weighted by Gasteiger charge is -2.18. The molecule has 0 aromatic heterocycles. The van der Waals surface area contributed by atoms with Crippen LogP contribution in [-0.2, 0) is 16.9 Å². The third-order valence-electron chi connectivity index (χ3n) is 1.94. The van der Waals surface area contributed by atoms with Gasteiger partial charge < -0.3 is 9.84 Å².